The van der Waals surface area contributed by atoms with Gasteiger partial charge in [0.15, 0.2) is 5.96 Å². The van der Waals surface area contributed by atoms with Crippen molar-refractivity contribution in [1.82, 2.24) is 20.4 Å². The molecule has 0 aliphatic carbocycles. The maximum atomic E-state index is 12.0. The minimum absolute atomic E-state index is 0.0665. The summed E-state index contributed by atoms with van der Waals surface area (Å²) in [4.78, 5) is 20.7. The highest BCUT2D eigenvalue weighted by molar-refractivity contribution is 5.80. The smallest absolute Gasteiger partial charge is 0.407 e. The zero-order valence-corrected chi connectivity index (χ0v) is 18.1. The second-order valence-corrected chi connectivity index (χ2v) is 8.54. The molecule has 1 aliphatic heterocycles. The van der Waals surface area contributed by atoms with Gasteiger partial charge in [0.05, 0.1) is 6.04 Å². The number of nitrogens with one attached hydrogen (secondary N) is 2. The molecule has 1 aromatic carbocycles. The number of rotatable bonds is 5. The number of alkyl carbamates (subject to hydrolysis) is 1. The highest BCUT2D eigenvalue weighted by atomic mass is 16.6. The molecule has 0 saturated carbocycles. The van der Waals surface area contributed by atoms with Crippen LogP contribution in [-0.4, -0.2) is 67.7 Å². The van der Waals surface area contributed by atoms with E-state index in [4.69, 9.17) is 4.74 Å². The first-order chi connectivity index (χ1) is 13.2. The first-order valence-corrected chi connectivity index (χ1v) is 9.84. The molecule has 0 bridgehead atoms. The Morgan fingerprint density at radius 2 is 2.04 bits per heavy atom. The molecule has 1 aliphatic rings. The minimum Gasteiger partial charge on any atom is -0.444 e. The van der Waals surface area contributed by atoms with Crippen molar-refractivity contribution in [2.45, 2.75) is 51.9 Å². The van der Waals surface area contributed by atoms with Crippen LogP contribution in [0.5, 0.6) is 0 Å². The third kappa shape index (κ3) is 7.38. The molecule has 1 fully saturated rings. The quantitative estimate of drug-likeness (QED) is 0.598. The molecule has 2 rings (SSSR count). The van der Waals surface area contributed by atoms with E-state index in [0.29, 0.717) is 6.54 Å². The van der Waals surface area contributed by atoms with E-state index >= 15 is 0 Å². The first kappa shape index (κ1) is 22.0. The number of nitrogens with zero attached hydrogens (tertiary/aromatic N) is 3. The van der Waals surface area contributed by atoms with Gasteiger partial charge >= 0.3 is 6.09 Å². The summed E-state index contributed by atoms with van der Waals surface area (Å²) in [6.45, 7) is 8.81. The van der Waals surface area contributed by atoms with Crippen LogP contribution in [0.4, 0.5) is 4.79 Å². The van der Waals surface area contributed by atoms with E-state index < -0.39 is 5.60 Å². The second kappa shape index (κ2) is 9.78. The van der Waals surface area contributed by atoms with Gasteiger partial charge in [-0.25, -0.2) is 4.79 Å². The average Bonchev–Trinajstić information content (AvgIpc) is 3.01. The lowest BCUT2D eigenvalue weighted by Gasteiger charge is -2.23. The van der Waals surface area contributed by atoms with E-state index in [0.717, 1.165) is 32.0 Å². The number of amides is 1. The molecule has 1 amide bonds. The van der Waals surface area contributed by atoms with Crippen molar-refractivity contribution in [3.05, 3.63) is 35.4 Å². The van der Waals surface area contributed by atoms with Crippen LogP contribution in [-0.2, 0) is 17.8 Å². The van der Waals surface area contributed by atoms with Crippen LogP contribution < -0.4 is 10.6 Å². The summed E-state index contributed by atoms with van der Waals surface area (Å²) in [6.07, 6.45) is 0.512. The number of ether oxygens (including phenoxy) is 1. The summed E-state index contributed by atoms with van der Waals surface area (Å²) in [5, 5.41) is 6.39. The summed E-state index contributed by atoms with van der Waals surface area (Å²) < 4.78 is 5.35. The summed E-state index contributed by atoms with van der Waals surface area (Å²) in [6, 6.07) is 8.64. The highest BCUT2D eigenvalue weighted by Crippen LogP contribution is 2.13. The molecule has 156 valence electrons. The topological polar surface area (TPSA) is 69.2 Å². The third-order valence-corrected chi connectivity index (χ3v) is 4.36. The van der Waals surface area contributed by atoms with Crippen molar-refractivity contribution < 1.29 is 9.53 Å². The zero-order chi connectivity index (χ0) is 20.7. The lowest BCUT2D eigenvalue weighted by Crippen LogP contribution is -2.44. The fraction of sp³-hybridized carbons (Fsp3) is 0.619. The van der Waals surface area contributed by atoms with Gasteiger partial charge < -0.3 is 25.2 Å². The fourth-order valence-corrected chi connectivity index (χ4v) is 3.26. The molecule has 1 saturated heterocycles. The molecule has 28 heavy (non-hydrogen) atoms. The van der Waals surface area contributed by atoms with E-state index in [2.05, 4.69) is 63.8 Å². The van der Waals surface area contributed by atoms with Gasteiger partial charge in [-0.2, -0.15) is 0 Å². The summed E-state index contributed by atoms with van der Waals surface area (Å²) >= 11 is 0. The maximum absolute atomic E-state index is 12.0. The van der Waals surface area contributed by atoms with Crippen LogP contribution in [0.2, 0.25) is 0 Å². The molecule has 1 atom stereocenters. The number of hydrogen-bond acceptors (Lipinski definition) is 4. The van der Waals surface area contributed by atoms with Gasteiger partial charge in [0, 0.05) is 33.2 Å². The Morgan fingerprint density at radius 3 is 2.68 bits per heavy atom. The highest BCUT2D eigenvalue weighted by Gasteiger charge is 2.27. The number of guanidine groups is 1. The largest absolute Gasteiger partial charge is 0.444 e. The van der Waals surface area contributed by atoms with Gasteiger partial charge in [0.2, 0.25) is 0 Å². The summed E-state index contributed by atoms with van der Waals surface area (Å²) in [5.74, 6) is 0.853. The van der Waals surface area contributed by atoms with Crippen molar-refractivity contribution in [1.29, 1.82) is 0 Å². The predicted molar refractivity (Wildman–Crippen MR) is 113 cm³/mol. The molecular formula is C21H35N5O2. The number of benzene rings is 1. The number of hydrogen-bond donors (Lipinski definition) is 2. The van der Waals surface area contributed by atoms with Crippen molar-refractivity contribution in [2.24, 2.45) is 4.99 Å². The van der Waals surface area contributed by atoms with Crippen LogP contribution in [0.1, 0.15) is 38.3 Å². The predicted octanol–water partition coefficient (Wildman–Crippen LogP) is 2.42. The Balaban J connectivity index is 1.85. The Bertz CT molecular complexity index is 682. The van der Waals surface area contributed by atoms with Gasteiger partial charge in [-0.3, -0.25) is 4.99 Å². The lowest BCUT2D eigenvalue weighted by molar-refractivity contribution is 0.0507. The number of carbonyl (C=O) groups excluding carboxylic acids is 1. The molecule has 0 radical (unpaired) electrons. The molecular weight excluding hydrogens is 354 g/mol. The lowest BCUT2D eigenvalue weighted by atomic mass is 10.1. The van der Waals surface area contributed by atoms with Crippen LogP contribution in [0.25, 0.3) is 0 Å². The van der Waals surface area contributed by atoms with Crippen molar-refractivity contribution in [3.63, 3.8) is 0 Å². The van der Waals surface area contributed by atoms with Crippen LogP contribution >= 0.6 is 0 Å². The van der Waals surface area contributed by atoms with Crippen LogP contribution in [0.3, 0.4) is 0 Å². The molecule has 1 unspecified atom stereocenters. The van der Waals surface area contributed by atoms with Gasteiger partial charge in [-0.15, -0.1) is 0 Å². The van der Waals surface area contributed by atoms with E-state index in [9.17, 15) is 4.79 Å². The normalized spacial score (nSPS) is 17.8. The standard InChI is InChI=1S/C21H35N5O2/c1-21(2,3)28-20(27)24-18-10-11-26(15-18)19(22-4)23-13-16-8-7-9-17(12-16)14-25(5)6/h7-9,12,18H,10-11,13-15H2,1-6H3,(H,22,23)(H,24,27). The van der Waals surface area contributed by atoms with Gasteiger partial charge in [0.1, 0.15) is 5.60 Å². The molecule has 7 nitrogen and oxygen atoms in total. The molecule has 1 aromatic rings. The molecule has 2 N–H and O–H groups in total. The van der Waals surface area contributed by atoms with Crippen LogP contribution in [0.15, 0.2) is 29.3 Å². The SMILES string of the molecule is CN=C(NCc1cccc(CN(C)C)c1)N1CCC(NC(=O)OC(C)(C)C)C1. The van der Waals surface area contributed by atoms with Crippen molar-refractivity contribution in [2.75, 3.05) is 34.2 Å². The number of carbonyl (C=O) groups is 1. The molecule has 1 heterocycles. The third-order valence-electron chi connectivity index (χ3n) is 4.36. The number of likely N-dealkylation sites (tertiary alicyclic amines) is 1. The monoisotopic (exact) mass is 389 g/mol. The van der Waals surface area contributed by atoms with Gasteiger partial charge in [0.25, 0.3) is 0 Å². The molecule has 7 heteroatoms. The summed E-state index contributed by atoms with van der Waals surface area (Å²) in [5.41, 5.74) is 2.03. The van der Waals surface area contributed by atoms with Gasteiger partial charge in [-0.1, -0.05) is 24.3 Å². The van der Waals surface area contributed by atoms with E-state index in [1.165, 1.54) is 11.1 Å². The Hall–Kier alpha value is -2.28. The van der Waals surface area contributed by atoms with Crippen LogP contribution in [0, 0.1) is 0 Å². The first-order valence-electron chi connectivity index (χ1n) is 9.84. The van der Waals surface area contributed by atoms with E-state index in [-0.39, 0.29) is 12.1 Å². The second-order valence-electron chi connectivity index (χ2n) is 8.54. The zero-order valence-electron chi connectivity index (χ0n) is 18.1. The van der Waals surface area contributed by atoms with Crippen molar-refractivity contribution in [3.8, 4) is 0 Å². The molecule has 0 spiro atoms. The Kier molecular flexibility index (Phi) is 7.69. The number of aliphatic imine (C=N–C) groups is 1. The molecule has 0 aromatic heterocycles. The van der Waals surface area contributed by atoms with E-state index in [1.807, 2.05) is 20.8 Å². The van der Waals surface area contributed by atoms with E-state index in [1.54, 1.807) is 7.05 Å². The fourth-order valence-electron chi connectivity index (χ4n) is 3.26. The minimum atomic E-state index is -0.485. The Labute approximate surface area is 169 Å². The maximum Gasteiger partial charge on any atom is 0.407 e. The average molecular weight is 390 g/mol. The Morgan fingerprint density at radius 1 is 1.32 bits per heavy atom. The summed E-state index contributed by atoms with van der Waals surface area (Å²) in [7, 11) is 5.93. The van der Waals surface area contributed by atoms with Crippen molar-refractivity contribution >= 4 is 12.1 Å². The van der Waals surface area contributed by atoms with Gasteiger partial charge in [-0.05, 0) is 52.4 Å².